The van der Waals surface area contributed by atoms with Crippen LogP contribution in [0.15, 0.2) is 64.4 Å². The number of hydrogen-bond donors (Lipinski definition) is 0. The summed E-state index contributed by atoms with van der Waals surface area (Å²) < 4.78 is 3.54. The van der Waals surface area contributed by atoms with Gasteiger partial charge in [0.25, 0.3) is 0 Å². The molecule has 0 saturated carbocycles. The highest BCUT2D eigenvalue weighted by molar-refractivity contribution is 7.98. The number of thioether (sulfide) groups is 1. The monoisotopic (exact) mass is 462 g/mol. The van der Waals surface area contributed by atoms with Gasteiger partial charge >= 0.3 is 0 Å². The lowest BCUT2D eigenvalue weighted by Gasteiger charge is -2.08. The molecule has 5 aromatic rings. The zero-order valence-corrected chi connectivity index (χ0v) is 19.9. The first-order valence-corrected chi connectivity index (χ1v) is 13.0. The molecule has 0 fully saturated rings. The lowest BCUT2D eigenvalue weighted by Crippen LogP contribution is -2.01. The molecule has 3 heterocycles. The van der Waals surface area contributed by atoms with E-state index in [1.165, 1.54) is 26.8 Å². The van der Waals surface area contributed by atoms with E-state index >= 15 is 0 Å². The summed E-state index contributed by atoms with van der Waals surface area (Å²) in [6.45, 7) is 5.20. The Labute approximate surface area is 194 Å². The molecular weight excluding hydrogens is 440 g/mol. The largest absolute Gasteiger partial charge is 0.302 e. The van der Waals surface area contributed by atoms with Crippen LogP contribution in [-0.4, -0.2) is 19.7 Å². The van der Waals surface area contributed by atoms with E-state index < -0.39 is 0 Å². The lowest BCUT2D eigenvalue weighted by molar-refractivity contribution is 0.626. The van der Waals surface area contributed by atoms with E-state index in [2.05, 4.69) is 87.9 Å². The van der Waals surface area contributed by atoms with Crippen molar-refractivity contribution in [2.75, 3.05) is 0 Å². The molecule has 0 unspecified atom stereocenters. The number of thiophene rings is 1. The van der Waals surface area contributed by atoms with Gasteiger partial charge in [0.15, 0.2) is 11.0 Å². The van der Waals surface area contributed by atoms with Crippen LogP contribution in [0.5, 0.6) is 0 Å². The molecule has 31 heavy (non-hydrogen) atoms. The van der Waals surface area contributed by atoms with Crippen LogP contribution in [0.4, 0.5) is 0 Å². The van der Waals surface area contributed by atoms with Crippen LogP contribution in [0.25, 0.3) is 32.0 Å². The quantitative estimate of drug-likeness (QED) is 0.238. The number of hydrogen-bond acceptors (Lipinski definition) is 6. The molecule has 0 amide bonds. The Morgan fingerprint density at radius 2 is 1.81 bits per heavy atom. The van der Waals surface area contributed by atoms with Crippen molar-refractivity contribution in [2.24, 2.45) is 0 Å². The van der Waals surface area contributed by atoms with Crippen LogP contribution in [0, 0.1) is 6.92 Å². The summed E-state index contributed by atoms with van der Waals surface area (Å²) in [6, 6.07) is 17.0. The number of aromatic nitrogens is 4. The molecule has 7 heteroatoms. The summed E-state index contributed by atoms with van der Waals surface area (Å²) >= 11 is 5.17. The van der Waals surface area contributed by atoms with Gasteiger partial charge in [-0.15, -0.1) is 32.9 Å². The molecule has 0 saturated heterocycles. The molecule has 4 nitrogen and oxygen atoms in total. The lowest BCUT2D eigenvalue weighted by atomic mass is 10.1. The smallest absolute Gasteiger partial charge is 0.191 e. The fraction of sp³-hybridized carbons (Fsp3) is 0.208. The van der Waals surface area contributed by atoms with Gasteiger partial charge in [-0.25, -0.2) is 4.98 Å². The Morgan fingerprint density at radius 3 is 2.65 bits per heavy atom. The maximum absolute atomic E-state index is 4.84. The number of benzene rings is 2. The topological polar surface area (TPSA) is 43.6 Å². The maximum Gasteiger partial charge on any atom is 0.191 e. The van der Waals surface area contributed by atoms with E-state index in [0.29, 0.717) is 0 Å². The first-order valence-electron chi connectivity index (χ1n) is 10.3. The minimum absolute atomic E-state index is 0.786. The third-order valence-corrected chi connectivity index (χ3v) is 7.99. The van der Waals surface area contributed by atoms with E-state index in [1.807, 2.05) is 0 Å². The van der Waals surface area contributed by atoms with Gasteiger partial charge in [0.05, 0.1) is 5.69 Å². The van der Waals surface area contributed by atoms with Gasteiger partial charge in [-0.3, -0.25) is 0 Å². The van der Waals surface area contributed by atoms with Crippen molar-refractivity contribution < 1.29 is 0 Å². The number of fused-ring (bicyclic) bond motifs is 1. The normalized spacial score (nSPS) is 11.4. The highest BCUT2D eigenvalue weighted by Crippen LogP contribution is 2.35. The molecule has 0 N–H and O–H groups in total. The van der Waals surface area contributed by atoms with E-state index in [4.69, 9.17) is 4.98 Å². The zero-order chi connectivity index (χ0) is 21.2. The second-order valence-corrected chi connectivity index (χ2v) is 10.1. The zero-order valence-electron chi connectivity index (χ0n) is 17.4. The minimum atomic E-state index is 0.786. The predicted octanol–water partition coefficient (Wildman–Crippen LogP) is 7.29. The van der Waals surface area contributed by atoms with Gasteiger partial charge < -0.3 is 4.57 Å². The molecule has 0 atom stereocenters. The van der Waals surface area contributed by atoms with E-state index in [1.54, 1.807) is 34.4 Å². The second kappa shape index (κ2) is 8.94. The van der Waals surface area contributed by atoms with Crippen molar-refractivity contribution >= 4 is 44.5 Å². The molecule has 0 bridgehead atoms. The van der Waals surface area contributed by atoms with E-state index in [-0.39, 0.29) is 0 Å². The van der Waals surface area contributed by atoms with Crippen molar-refractivity contribution in [1.82, 2.24) is 19.7 Å². The van der Waals surface area contributed by atoms with E-state index in [9.17, 15) is 0 Å². The second-order valence-electron chi connectivity index (χ2n) is 7.40. The number of aryl methyl sites for hydroxylation is 1. The van der Waals surface area contributed by atoms with Crippen molar-refractivity contribution in [3.8, 4) is 22.0 Å². The van der Waals surface area contributed by atoms with Crippen LogP contribution in [0.1, 0.15) is 24.6 Å². The highest BCUT2D eigenvalue weighted by Gasteiger charge is 2.17. The average Bonchev–Trinajstić information content (AvgIpc) is 3.51. The van der Waals surface area contributed by atoms with Gasteiger partial charge in [0, 0.05) is 44.3 Å². The van der Waals surface area contributed by atoms with Crippen molar-refractivity contribution in [3.63, 3.8) is 0 Å². The van der Waals surface area contributed by atoms with Crippen molar-refractivity contribution in [3.05, 3.63) is 70.5 Å². The standard InChI is InChI=1S/C24H22N4S3/c1-3-12-28-22(20-15-29-21-7-5-4-6-19(20)21)26-27-24(28)31-14-18-13-30-23(25-18)17-10-8-16(2)9-11-17/h4-11,13,15H,3,12,14H2,1-2H3. The first kappa shape index (κ1) is 20.4. The average molecular weight is 463 g/mol. The van der Waals surface area contributed by atoms with Crippen LogP contribution >= 0.6 is 34.4 Å². The van der Waals surface area contributed by atoms with Crippen LogP contribution in [0.2, 0.25) is 0 Å². The Kier molecular flexibility index (Phi) is 5.89. The Bertz CT molecular complexity index is 1310. The first-order chi connectivity index (χ1) is 15.2. The Morgan fingerprint density at radius 1 is 0.968 bits per heavy atom. The SMILES string of the molecule is CCCn1c(SCc2csc(-c3ccc(C)cc3)n2)nnc1-c1csc2ccccc12. The van der Waals surface area contributed by atoms with Crippen LogP contribution < -0.4 is 0 Å². The Hall–Kier alpha value is -2.48. The molecule has 0 aliphatic heterocycles. The molecule has 2 aromatic carbocycles. The molecule has 0 radical (unpaired) electrons. The fourth-order valence-electron chi connectivity index (χ4n) is 3.51. The summed E-state index contributed by atoms with van der Waals surface area (Å²) in [7, 11) is 0. The minimum Gasteiger partial charge on any atom is -0.302 e. The summed E-state index contributed by atoms with van der Waals surface area (Å²) in [5.41, 5.74) is 4.69. The molecule has 0 spiro atoms. The Balaban J connectivity index is 1.38. The van der Waals surface area contributed by atoms with Crippen LogP contribution in [0.3, 0.4) is 0 Å². The summed E-state index contributed by atoms with van der Waals surface area (Å²) in [6.07, 6.45) is 1.04. The molecule has 0 aliphatic rings. The highest BCUT2D eigenvalue weighted by atomic mass is 32.2. The third kappa shape index (κ3) is 4.18. The van der Waals surface area contributed by atoms with Gasteiger partial charge in [-0.2, -0.15) is 0 Å². The molecule has 0 aliphatic carbocycles. The van der Waals surface area contributed by atoms with Gasteiger partial charge in [-0.1, -0.05) is 66.7 Å². The predicted molar refractivity (Wildman–Crippen MR) is 133 cm³/mol. The third-order valence-electron chi connectivity index (χ3n) is 5.09. The van der Waals surface area contributed by atoms with Crippen LogP contribution in [-0.2, 0) is 12.3 Å². The van der Waals surface area contributed by atoms with Gasteiger partial charge in [0.2, 0.25) is 0 Å². The van der Waals surface area contributed by atoms with Gasteiger partial charge in [-0.05, 0) is 19.4 Å². The molecular formula is C24H22N4S3. The fourth-order valence-corrected chi connectivity index (χ4v) is 6.24. The molecule has 5 rings (SSSR count). The van der Waals surface area contributed by atoms with Crippen molar-refractivity contribution in [1.29, 1.82) is 0 Å². The summed E-state index contributed by atoms with van der Waals surface area (Å²) in [5.74, 6) is 1.75. The molecule has 156 valence electrons. The maximum atomic E-state index is 4.84. The summed E-state index contributed by atoms with van der Waals surface area (Å²) in [5, 5.41) is 16.7. The van der Waals surface area contributed by atoms with Gasteiger partial charge in [0.1, 0.15) is 5.01 Å². The number of thiazole rings is 1. The number of rotatable bonds is 7. The van der Waals surface area contributed by atoms with Crippen molar-refractivity contribution in [2.45, 2.75) is 37.7 Å². The number of nitrogens with zero attached hydrogens (tertiary/aromatic N) is 4. The molecule has 3 aromatic heterocycles. The van der Waals surface area contributed by atoms with E-state index in [0.717, 1.165) is 40.4 Å². The summed E-state index contributed by atoms with van der Waals surface area (Å²) in [4.78, 5) is 4.84.